The Morgan fingerprint density at radius 2 is 1.79 bits per heavy atom. The Kier molecular flexibility index (Phi) is 6.43. The van der Waals surface area contributed by atoms with Gasteiger partial charge in [0.25, 0.3) is 0 Å². The van der Waals surface area contributed by atoms with E-state index in [2.05, 4.69) is 34.6 Å². The van der Waals surface area contributed by atoms with Gasteiger partial charge >= 0.3 is 0 Å². The van der Waals surface area contributed by atoms with Gasteiger partial charge < -0.3 is 5.73 Å². The molecule has 86 valence electrons. The molecule has 0 radical (unpaired) electrons. The topological polar surface area (TPSA) is 26.0 Å². The van der Waals surface area contributed by atoms with Crippen molar-refractivity contribution in [1.82, 2.24) is 0 Å². The van der Waals surface area contributed by atoms with Gasteiger partial charge in [-0.2, -0.15) is 0 Å². The Morgan fingerprint density at radius 3 is 2.14 bits per heavy atom. The molecule has 0 aliphatic heterocycles. The lowest BCUT2D eigenvalue weighted by atomic mass is 9.70. The highest BCUT2D eigenvalue weighted by molar-refractivity contribution is 4.80. The minimum Gasteiger partial charge on any atom is -0.330 e. The molecule has 0 amide bonds. The van der Waals surface area contributed by atoms with E-state index >= 15 is 0 Å². The summed E-state index contributed by atoms with van der Waals surface area (Å²) in [6, 6.07) is 0. The molecule has 0 saturated heterocycles. The van der Waals surface area contributed by atoms with Crippen molar-refractivity contribution in [2.24, 2.45) is 23.0 Å². The van der Waals surface area contributed by atoms with Crippen molar-refractivity contribution in [2.45, 2.75) is 60.3 Å². The van der Waals surface area contributed by atoms with Gasteiger partial charge in [0.2, 0.25) is 0 Å². The molecule has 1 heteroatoms. The van der Waals surface area contributed by atoms with E-state index in [9.17, 15) is 0 Å². The largest absolute Gasteiger partial charge is 0.330 e. The summed E-state index contributed by atoms with van der Waals surface area (Å²) in [5, 5.41) is 0. The highest BCUT2D eigenvalue weighted by Crippen LogP contribution is 2.38. The molecule has 0 fully saturated rings. The molecule has 0 aromatic rings. The number of unbranched alkanes of at least 4 members (excludes halogenated alkanes) is 1. The first-order chi connectivity index (χ1) is 6.46. The Hall–Kier alpha value is -0.0400. The first-order valence-corrected chi connectivity index (χ1v) is 6.16. The van der Waals surface area contributed by atoms with Gasteiger partial charge in [0, 0.05) is 0 Å². The standard InChI is InChI=1S/C13H29N/c1-6-7-8-13(5,11(2)3)9-12(4)10-14/h11-12H,6-10,14H2,1-5H3/t12?,13-/m1/s1. The third-order valence-corrected chi connectivity index (χ3v) is 3.71. The smallest absolute Gasteiger partial charge is 0.00513 e. The first-order valence-electron chi connectivity index (χ1n) is 6.16. The van der Waals surface area contributed by atoms with Gasteiger partial charge in [-0.3, -0.25) is 0 Å². The van der Waals surface area contributed by atoms with Crippen LogP contribution in [0.2, 0.25) is 0 Å². The molecule has 14 heavy (non-hydrogen) atoms. The van der Waals surface area contributed by atoms with E-state index in [4.69, 9.17) is 5.73 Å². The van der Waals surface area contributed by atoms with Crippen molar-refractivity contribution >= 4 is 0 Å². The van der Waals surface area contributed by atoms with Crippen LogP contribution in [0.25, 0.3) is 0 Å². The van der Waals surface area contributed by atoms with Crippen molar-refractivity contribution in [2.75, 3.05) is 6.54 Å². The number of rotatable bonds is 7. The second-order valence-electron chi connectivity index (χ2n) is 5.46. The Morgan fingerprint density at radius 1 is 1.21 bits per heavy atom. The van der Waals surface area contributed by atoms with Crippen LogP contribution in [-0.2, 0) is 0 Å². The first kappa shape index (κ1) is 14.0. The fourth-order valence-corrected chi connectivity index (χ4v) is 2.09. The molecule has 0 heterocycles. The van der Waals surface area contributed by atoms with Crippen LogP contribution in [0.4, 0.5) is 0 Å². The van der Waals surface area contributed by atoms with E-state index in [1.807, 2.05) is 0 Å². The molecule has 0 bridgehead atoms. The maximum absolute atomic E-state index is 5.71. The lowest BCUT2D eigenvalue weighted by molar-refractivity contribution is 0.150. The molecule has 0 rings (SSSR count). The fraction of sp³-hybridized carbons (Fsp3) is 1.00. The molecular formula is C13H29N. The van der Waals surface area contributed by atoms with Crippen molar-refractivity contribution in [3.8, 4) is 0 Å². The van der Waals surface area contributed by atoms with Crippen molar-refractivity contribution in [1.29, 1.82) is 0 Å². The monoisotopic (exact) mass is 199 g/mol. The van der Waals surface area contributed by atoms with E-state index in [0.29, 0.717) is 11.3 Å². The zero-order valence-corrected chi connectivity index (χ0v) is 10.8. The lowest BCUT2D eigenvalue weighted by Gasteiger charge is -2.36. The molecule has 1 unspecified atom stereocenters. The molecule has 0 aromatic heterocycles. The van der Waals surface area contributed by atoms with Gasteiger partial charge in [-0.05, 0) is 36.6 Å². The number of hydrogen-bond donors (Lipinski definition) is 1. The quantitative estimate of drug-likeness (QED) is 0.662. The summed E-state index contributed by atoms with van der Waals surface area (Å²) in [6.45, 7) is 12.5. The van der Waals surface area contributed by atoms with Crippen LogP contribution in [0, 0.1) is 17.3 Å². The van der Waals surface area contributed by atoms with E-state index in [-0.39, 0.29) is 0 Å². The van der Waals surface area contributed by atoms with Crippen LogP contribution in [-0.4, -0.2) is 6.54 Å². The van der Waals surface area contributed by atoms with Crippen LogP contribution in [0.5, 0.6) is 0 Å². The minimum absolute atomic E-state index is 0.495. The number of nitrogens with two attached hydrogens (primary N) is 1. The third-order valence-electron chi connectivity index (χ3n) is 3.71. The van der Waals surface area contributed by atoms with Crippen molar-refractivity contribution < 1.29 is 0 Å². The Balaban J connectivity index is 4.23. The summed E-state index contributed by atoms with van der Waals surface area (Å²) >= 11 is 0. The van der Waals surface area contributed by atoms with Crippen LogP contribution in [0.1, 0.15) is 60.3 Å². The molecular weight excluding hydrogens is 170 g/mol. The van der Waals surface area contributed by atoms with Gasteiger partial charge in [0.15, 0.2) is 0 Å². The Labute approximate surface area is 90.5 Å². The highest BCUT2D eigenvalue weighted by atomic mass is 14.5. The summed E-state index contributed by atoms with van der Waals surface area (Å²) in [7, 11) is 0. The summed E-state index contributed by atoms with van der Waals surface area (Å²) in [5.41, 5.74) is 6.20. The molecule has 0 saturated carbocycles. The van der Waals surface area contributed by atoms with Crippen molar-refractivity contribution in [3.63, 3.8) is 0 Å². The van der Waals surface area contributed by atoms with Gasteiger partial charge in [0.1, 0.15) is 0 Å². The average molecular weight is 199 g/mol. The maximum atomic E-state index is 5.71. The molecule has 0 aromatic carbocycles. The second kappa shape index (κ2) is 6.44. The van der Waals surface area contributed by atoms with Gasteiger partial charge in [-0.15, -0.1) is 0 Å². The zero-order valence-electron chi connectivity index (χ0n) is 10.8. The maximum Gasteiger partial charge on any atom is -0.00513 e. The van der Waals surface area contributed by atoms with Gasteiger partial charge in [-0.25, -0.2) is 0 Å². The fourth-order valence-electron chi connectivity index (χ4n) is 2.09. The normalized spacial score (nSPS) is 18.2. The third kappa shape index (κ3) is 4.45. The van der Waals surface area contributed by atoms with Gasteiger partial charge in [0.05, 0.1) is 0 Å². The molecule has 1 nitrogen and oxygen atoms in total. The van der Waals surface area contributed by atoms with E-state index in [0.717, 1.165) is 12.5 Å². The van der Waals surface area contributed by atoms with Crippen LogP contribution in [0.3, 0.4) is 0 Å². The summed E-state index contributed by atoms with van der Waals surface area (Å²) in [6.07, 6.45) is 5.29. The van der Waals surface area contributed by atoms with E-state index < -0.39 is 0 Å². The molecule has 0 aliphatic rings. The van der Waals surface area contributed by atoms with Crippen LogP contribution >= 0.6 is 0 Å². The predicted octanol–water partition coefficient (Wildman–Crippen LogP) is 3.82. The van der Waals surface area contributed by atoms with Crippen molar-refractivity contribution in [3.05, 3.63) is 0 Å². The SMILES string of the molecule is CCCC[C@](C)(CC(C)CN)C(C)C. The summed E-state index contributed by atoms with van der Waals surface area (Å²) in [4.78, 5) is 0. The second-order valence-corrected chi connectivity index (χ2v) is 5.46. The lowest BCUT2D eigenvalue weighted by Crippen LogP contribution is -2.28. The molecule has 0 aliphatic carbocycles. The zero-order chi connectivity index (χ0) is 11.2. The highest BCUT2D eigenvalue weighted by Gasteiger charge is 2.28. The Bertz CT molecular complexity index is 142. The van der Waals surface area contributed by atoms with E-state index in [1.165, 1.54) is 25.7 Å². The van der Waals surface area contributed by atoms with Crippen LogP contribution < -0.4 is 5.73 Å². The van der Waals surface area contributed by atoms with Crippen LogP contribution in [0.15, 0.2) is 0 Å². The number of hydrogen-bond acceptors (Lipinski definition) is 1. The predicted molar refractivity (Wildman–Crippen MR) is 65.3 cm³/mol. The molecule has 2 N–H and O–H groups in total. The summed E-state index contributed by atoms with van der Waals surface area (Å²) < 4.78 is 0. The minimum atomic E-state index is 0.495. The average Bonchev–Trinajstić information content (AvgIpc) is 2.14. The van der Waals surface area contributed by atoms with E-state index in [1.54, 1.807) is 0 Å². The molecule has 0 spiro atoms. The summed E-state index contributed by atoms with van der Waals surface area (Å²) in [5.74, 6) is 1.43. The molecule has 2 atom stereocenters. The van der Waals surface area contributed by atoms with Gasteiger partial charge in [-0.1, -0.05) is 47.5 Å².